The molecule has 1 fully saturated rings. The van der Waals surface area contributed by atoms with Crippen LogP contribution in [0.3, 0.4) is 0 Å². The third-order valence-corrected chi connectivity index (χ3v) is 3.07. The number of nitro benzene ring substituents is 1. The van der Waals surface area contributed by atoms with Crippen LogP contribution >= 0.6 is 0 Å². The Kier molecular flexibility index (Phi) is 4.36. The zero-order chi connectivity index (χ0) is 15.4. The highest BCUT2D eigenvalue weighted by Crippen LogP contribution is 2.22. The number of nitrogen functional groups attached to an aromatic ring is 1. The zero-order valence-corrected chi connectivity index (χ0v) is 11.3. The number of rotatable bonds is 6. The molecular weight excluding hydrogens is 276 g/mol. The van der Waals surface area contributed by atoms with Gasteiger partial charge in [-0.25, -0.2) is 0 Å². The fourth-order valence-electron chi connectivity index (χ4n) is 1.78. The molecule has 2 amide bonds. The largest absolute Gasteiger partial charge is 0.393 e. The number of carbonyl (C=O) groups excluding carboxylic acids is 2. The molecule has 0 bridgehead atoms. The van der Waals surface area contributed by atoms with Crippen LogP contribution < -0.4 is 16.4 Å². The number of nitrogens with one attached hydrogen (secondary N) is 2. The molecule has 1 aromatic rings. The molecule has 21 heavy (non-hydrogen) atoms. The van der Waals surface area contributed by atoms with E-state index >= 15 is 0 Å². The van der Waals surface area contributed by atoms with Crippen molar-refractivity contribution in [2.75, 3.05) is 12.3 Å². The van der Waals surface area contributed by atoms with Crippen molar-refractivity contribution in [1.82, 2.24) is 10.6 Å². The van der Waals surface area contributed by atoms with Crippen LogP contribution in [0.1, 0.15) is 29.6 Å². The fraction of sp³-hybridized carbons (Fsp3) is 0.385. The molecule has 0 atom stereocenters. The Hall–Kier alpha value is -2.64. The van der Waals surface area contributed by atoms with Gasteiger partial charge in [0.2, 0.25) is 5.91 Å². The summed E-state index contributed by atoms with van der Waals surface area (Å²) in [6.07, 6.45) is 2.23. The lowest BCUT2D eigenvalue weighted by molar-refractivity contribution is -0.383. The van der Waals surface area contributed by atoms with Crippen molar-refractivity contribution in [2.45, 2.75) is 25.3 Å². The van der Waals surface area contributed by atoms with Crippen LogP contribution in [-0.4, -0.2) is 29.3 Å². The Labute approximate surface area is 120 Å². The van der Waals surface area contributed by atoms with E-state index in [1.165, 1.54) is 18.2 Å². The third kappa shape index (κ3) is 4.16. The third-order valence-electron chi connectivity index (χ3n) is 3.07. The van der Waals surface area contributed by atoms with Gasteiger partial charge >= 0.3 is 0 Å². The van der Waals surface area contributed by atoms with Gasteiger partial charge in [0.25, 0.3) is 11.6 Å². The van der Waals surface area contributed by atoms with E-state index in [0.29, 0.717) is 6.04 Å². The lowest BCUT2D eigenvalue weighted by atomic mass is 10.1. The van der Waals surface area contributed by atoms with Crippen LogP contribution in [0.15, 0.2) is 18.2 Å². The van der Waals surface area contributed by atoms with Crippen molar-refractivity contribution >= 4 is 23.2 Å². The zero-order valence-electron chi connectivity index (χ0n) is 11.3. The van der Waals surface area contributed by atoms with Gasteiger partial charge in [0, 0.05) is 30.6 Å². The maximum Gasteiger partial charge on any atom is 0.292 e. The number of anilines is 1. The van der Waals surface area contributed by atoms with E-state index in [1.54, 1.807) is 0 Å². The smallest absolute Gasteiger partial charge is 0.292 e. The summed E-state index contributed by atoms with van der Waals surface area (Å²) in [5.74, 6) is -0.517. The summed E-state index contributed by atoms with van der Waals surface area (Å²) in [7, 11) is 0. The number of benzene rings is 1. The van der Waals surface area contributed by atoms with Crippen molar-refractivity contribution in [3.05, 3.63) is 33.9 Å². The van der Waals surface area contributed by atoms with Crippen LogP contribution in [0, 0.1) is 10.1 Å². The summed E-state index contributed by atoms with van der Waals surface area (Å²) in [6, 6.07) is 4.05. The number of hydrogen-bond donors (Lipinski definition) is 3. The predicted octanol–water partition coefficient (Wildman–Crippen LogP) is 0.575. The quantitative estimate of drug-likeness (QED) is 0.401. The summed E-state index contributed by atoms with van der Waals surface area (Å²) in [6.45, 7) is 0.203. The first-order valence-corrected chi connectivity index (χ1v) is 6.59. The first-order chi connectivity index (χ1) is 9.97. The molecule has 112 valence electrons. The van der Waals surface area contributed by atoms with Gasteiger partial charge in [0.1, 0.15) is 5.69 Å². The van der Waals surface area contributed by atoms with Gasteiger partial charge in [-0.1, -0.05) is 0 Å². The highest BCUT2D eigenvalue weighted by molar-refractivity contribution is 5.96. The van der Waals surface area contributed by atoms with Gasteiger partial charge in [-0.3, -0.25) is 19.7 Å². The molecule has 1 aromatic carbocycles. The van der Waals surface area contributed by atoms with Gasteiger partial charge < -0.3 is 16.4 Å². The Morgan fingerprint density at radius 2 is 2.10 bits per heavy atom. The van der Waals surface area contributed by atoms with E-state index in [9.17, 15) is 19.7 Å². The topological polar surface area (TPSA) is 127 Å². The lowest BCUT2D eigenvalue weighted by Crippen LogP contribution is -2.31. The molecule has 0 heterocycles. The van der Waals surface area contributed by atoms with Crippen LogP contribution in [0.4, 0.5) is 11.4 Å². The van der Waals surface area contributed by atoms with E-state index in [0.717, 1.165) is 12.8 Å². The standard InChI is InChI=1S/C13H16N4O4/c14-10-7-8(1-4-11(10)17(20)21)13(19)15-6-5-12(18)16-9-2-3-9/h1,4,7,9H,2-3,5-6,14H2,(H,15,19)(H,16,18). The lowest BCUT2D eigenvalue weighted by Gasteiger charge is -2.06. The van der Waals surface area contributed by atoms with Crippen LogP contribution in [-0.2, 0) is 4.79 Å². The summed E-state index contributed by atoms with van der Waals surface area (Å²) in [5.41, 5.74) is 5.43. The van der Waals surface area contributed by atoms with Gasteiger partial charge in [-0.05, 0) is 25.0 Å². The maximum atomic E-state index is 11.8. The van der Waals surface area contributed by atoms with Crippen LogP contribution in [0.25, 0.3) is 0 Å². The van der Waals surface area contributed by atoms with Crippen molar-refractivity contribution in [3.8, 4) is 0 Å². The molecule has 1 saturated carbocycles. The second-order valence-corrected chi connectivity index (χ2v) is 4.88. The predicted molar refractivity (Wildman–Crippen MR) is 75.6 cm³/mol. The molecule has 1 aliphatic carbocycles. The summed E-state index contributed by atoms with van der Waals surface area (Å²) >= 11 is 0. The summed E-state index contributed by atoms with van der Waals surface area (Å²) in [5, 5.41) is 16.0. The van der Waals surface area contributed by atoms with Crippen LogP contribution in [0.2, 0.25) is 0 Å². The molecule has 2 rings (SSSR count). The fourth-order valence-corrected chi connectivity index (χ4v) is 1.78. The van der Waals surface area contributed by atoms with E-state index in [4.69, 9.17) is 5.73 Å². The minimum Gasteiger partial charge on any atom is -0.393 e. The monoisotopic (exact) mass is 292 g/mol. The molecule has 0 spiro atoms. The minimum absolute atomic E-state index is 0.0703. The molecule has 0 radical (unpaired) electrons. The molecule has 0 aromatic heterocycles. The second kappa shape index (κ2) is 6.21. The van der Waals surface area contributed by atoms with Gasteiger partial charge in [0.05, 0.1) is 4.92 Å². The second-order valence-electron chi connectivity index (χ2n) is 4.88. The molecule has 0 saturated heterocycles. The normalized spacial score (nSPS) is 13.5. The van der Waals surface area contributed by atoms with E-state index in [2.05, 4.69) is 10.6 Å². The number of carbonyl (C=O) groups is 2. The Bertz CT molecular complexity index is 584. The molecule has 8 nitrogen and oxygen atoms in total. The number of nitro groups is 1. The maximum absolute atomic E-state index is 11.8. The first kappa shape index (κ1) is 14.8. The number of hydrogen-bond acceptors (Lipinski definition) is 5. The Balaban J connectivity index is 1.83. The van der Waals surface area contributed by atoms with E-state index < -0.39 is 10.8 Å². The van der Waals surface area contributed by atoms with Gasteiger partial charge in [0.15, 0.2) is 0 Å². The summed E-state index contributed by atoms with van der Waals surface area (Å²) < 4.78 is 0. The van der Waals surface area contributed by atoms with Gasteiger partial charge in [-0.15, -0.1) is 0 Å². The molecule has 0 unspecified atom stereocenters. The molecule has 1 aliphatic rings. The highest BCUT2D eigenvalue weighted by Gasteiger charge is 2.23. The van der Waals surface area contributed by atoms with Gasteiger partial charge in [-0.2, -0.15) is 0 Å². The van der Waals surface area contributed by atoms with Crippen LogP contribution in [0.5, 0.6) is 0 Å². The number of nitrogens with two attached hydrogens (primary N) is 1. The summed E-state index contributed by atoms with van der Waals surface area (Å²) in [4.78, 5) is 33.3. The van der Waals surface area contributed by atoms with E-state index in [-0.39, 0.29) is 35.8 Å². The van der Waals surface area contributed by atoms with Crippen molar-refractivity contribution in [1.29, 1.82) is 0 Å². The highest BCUT2D eigenvalue weighted by atomic mass is 16.6. The first-order valence-electron chi connectivity index (χ1n) is 6.59. The Morgan fingerprint density at radius 3 is 2.67 bits per heavy atom. The van der Waals surface area contributed by atoms with Crippen molar-refractivity contribution in [2.24, 2.45) is 0 Å². The molecular formula is C13H16N4O4. The molecule has 0 aliphatic heterocycles. The Morgan fingerprint density at radius 1 is 1.38 bits per heavy atom. The van der Waals surface area contributed by atoms with Crippen molar-refractivity contribution < 1.29 is 14.5 Å². The average molecular weight is 292 g/mol. The molecule has 4 N–H and O–H groups in total. The molecule has 8 heteroatoms. The average Bonchev–Trinajstić information content (AvgIpc) is 3.21. The minimum atomic E-state index is -0.612. The number of amides is 2. The van der Waals surface area contributed by atoms with Crippen molar-refractivity contribution in [3.63, 3.8) is 0 Å². The van der Waals surface area contributed by atoms with E-state index in [1.807, 2.05) is 0 Å². The SMILES string of the molecule is Nc1cc(C(=O)NCCC(=O)NC2CC2)ccc1[N+](=O)[O-]. The number of nitrogens with zero attached hydrogens (tertiary/aromatic N) is 1.